The van der Waals surface area contributed by atoms with Gasteiger partial charge in [0.15, 0.2) is 28.4 Å². The van der Waals surface area contributed by atoms with Gasteiger partial charge in [-0.2, -0.15) is 17.6 Å². The largest absolute Gasteiger partial charge is 0.493 e. The zero-order valence-corrected chi connectivity index (χ0v) is 19.6. The van der Waals surface area contributed by atoms with Gasteiger partial charge < -0.3 is 19.6 Å². The number of aliphatic hydroxyl groups is 1. The van der Waals surface area contributed by atoms with E-state index in [1.807, 2.05) is 0 Å². The van der Waals surface area contributed by atoms with Crippen molar-refractivity contribution in [3.63, 3.8) is 0 Å². The first-order valence-electron chi connectivity index (χ1n) is 10.9. The molecule has 2 heterocycles. The van der Waals surface area contributed by atoms with Gasteiger partial charge in [0.1, 0.15) is 6.10 Å². The van der Waals surface area contributed by atoms with Crippen LogP contribution in [0, 0.1) is 24.5 Å². The number of pyridine rings is 1. The van der Waals surface area contributed by atoms with E-state index in [2.05, 4.69) is 4.98 Å². The van der Waals surface area contributed by atoms with Crippen molar-refractivity contribution in [1.82, 2.24) is 4.98 Å². The molecule has 2 aromatic rings. The number of H-pyrrole nitrogens is 1. The monoisotopic (exact) mass is 503 g/mol. The van der Waals surface area contributed by atoms with Crippen molar-refractivity contribution in [2.45, 2.75) is 57.4 Å². The molecule has 4 atom stereocenters. The number of hydrogen-bond donors (Lipinski definition) is 2. The van der Waals surface area contributed by atoms with Crippen LogP contribution in [-0.2, 0) is 4.74 Å². The van der Waals surface area contributed by atoms with E-state index in [-0.39, 0.29) is 36.4 Å². The highest BCUT2D eigenvalue weighted by Gasteiger charge is 2.65. The molecule has 0 saturated carbocycles. The fraction of sp³-hybridized carbons (Fsp3) is 0.500. The maximum atomic E-state index is 14.6. The minimum absolute atomic E-state index is 0.0359. The number of aryl methyl sites for hydroxylation is 1. The zero-order valence-electron chi connectivity index (χ0n) is 19.6. The van der Waals surface area contributed by atoms with Gasteiger partial charge >= 0.3 is 6.18 Å². The van der Waals surface area contributed by atoms with Gasteiger partial charge in [-0.3, -0.25) is 9.59 Å². The van der Waals surface area contributed by atoms with E-state index in [4.69, 9.17) is 14.6 Å². The predicted molar refractivity (Wildman–Crippen MR) is 116 cm³/mol. The smallest absolute Gasteiger partial charge is 0.417 e. The minimum Gasteiger partial charge on any atom is -0.493 e. The highest BCUT2D eigenvalue weighted by atomic mass is 19.4. The van der Waals surface area contributed by atoms with Crippen molar-refractivity contribution in [3.8, 4) is 5.75 Å². The predicted octanol–water partition coefficient (Wildman–Crippen LogP) is 4.74. The van der Waals surface area contributed by atoms with Crippen LogP contribution in [0.15, 0.2) is 23.0 Å². The number of ketones is 1. The Labute approximate surface area is 198 Å². The lowest BCUT2D eigenvalue weighted by Gasteiger charge is -2.32. The Morgan fingerprint density at radius 2 is 1.94 bits per heavy atom. The number of nitrogens with one attached hydrogen (secondary N) is 1. The number of carbonyl (C=O) groups excluding carboxylic acids is 1. The third kappa shape index (κ3) is 4.58. The van der Waals surface area contributed by atoms with Crippen molar-refractivity contribution in [2.24, 2.45) is 5.92 Å². The van der Waals surface area contributed by atoms with Gasteiger partial charge in [-0.05, 0) is 26.3 Å². The number of ether oxygens (including phenoxy) is 2. The second kappa shape index (κ2) is 9.69. The Hall–Kier alpha value is -2.79. The molecule has 192 valence electrons. The number of rotatable bonds is 7. The Balaban J connectivity index is 2.32. The molecular formula is C24H26F5NO5. The number of benzene rings is 1. The topological polar surface area (TPSA) is 88.6 Å². The van der Waals surface area contributed by atoms with Gasteiger partial charge in [0, 0.05) is 42.2 Å². The van der Waals surface area contributed by atoms with Crippen LogP contribution in [0.4, 0.5) is 22.0 Å². The van der Waals surface area contributed by atoms with Crippen LogP contribution in [0.25, 0.3) is 0 Å². The fourth-order valence-electron chi connectivity index (χ4n) is 4.64. The van der Waals surface area contributed by atoms with Crippen LogP contribution >= 0.6 is 0 Å². The molecule has 1 aromatic heterocycles. The number of methoxy groups -OCH3 is 1. The Kier molecular flexibility index (Phi) is 7.42. The quantitative estimate of drug-likeness (QED) is 0.421. The first-order chi connectivity index (χ1) is 16.3. The van der Waals surface area contributed by atoms with E-state index in [1.165, 1.54) is 13.8 Å². The lowest BCUT2D eigenvalue weighted by molar-refractivity contribution is -0.275. The van der Waals surface area contributed by atoms with Crippen LogP contribution in [0.1, 0.15) is 66.0 Å². The van der Waals surface area contributed by atoms with Crippen LogP contribution in [0.2, 0.25) is 0 Å². The molecule has 0 bridgehead atoms. The van der Waals surface area contributed by atoms with Crippen molar-refractivity contribution in [2.75, 3.05) is 13.7 Å². The van der Waals surface area contributed by atoms with Gasteiger partial charge in [0.05, 0.1) is 18.4 Å². The van der Waals surface area contributed by atoms with Crippen molar-refractivity contribution in [3.05, 3.63) is 62.6 Å². The highest BCUT2D eigenvalue weighted by molar-refractivity contribution is 5.97. The van der Waals surface area contributed by atoms with Crippen LogP contribution in [-0.4, -0.2) is 41.4 Å². The van der Waals surface area contributed by atoms with E-state index in [1.54, 1.807) is 0 Å². The molecule has 6 nitrogen and oxygen atoms in total. The molecule has 0 aliphatic carbocycles. The number of hydrogen-bond acceptors (Lipinski definition) is 5. The van der Waals surface area contributed by atoms with E-state index in [0.29, 0.717) is 0 Å². The molecule has 0 amide bonds. The minimum atomic E-state index is -4.88. The third-order valence-electron chi connectivity index (χ3n) is 6.63. The molecule has 1 aliphatic heterocycles. The van der Waals surface area contributed by atoms with E-state index in [9.17, 15) is 31.5 Å². The number of Topliss-reactive ketones (excluding diaryl/α,β-unsaturated/α-hetero) is 1. The average Bonchev–Trinajstić information content (AvgIpc) is 3.05. The summed E-state index contributed by atoms with van der Waals surface area (Å²) in [5, 5.41) is 9.08. The molecule has 1 aromatic carbocycles. The molecule has 1 saturated heterocycles. The SMILES string of the molecule is COc1c([C@H]2[C@H](c3[nH]c(C)cc(=O)c3C(=O)CCCO)O[C@@](C)(C(F)(F)F)[C@H]2C)ccc(F)c1F. The number of aromatic nitrogens is 1. The number of halogens is 5. The second-order valence-corrected chi connectivity index (χ2v) is 8.80. The number of carbonyl (C=O) groups is 1. The van der Waals surface area contributed by atoms with E-state index < -0.39 is 63.9 Å². The summed E-state index contributed by atoms with van der Waals surface area (Å²) in [4.78, 5) is 28.5. The molecular weight excluding hydrogens is 477 g/mol. The Morgan fingerprint density at radius 1 is 1.29 bits per heavy atom. The summed E-state index contributed by atoms with van der Waals surface area (Å²) in [6, 6.07) is 3.01. The molecule has 0 radical (unpaired) electrons. The summed E-state index contributed by atoms with van der Waals surface area (Å²) in [6.45, 7) is 3.24. The number of aromatic amines is 1. The third-order valence-corrected chi connectivity index (χ3v) is 6.63. The maximum Gasteiger partial charge on any atom is 0.417 e. The summed E-state index contributed by atoms with van der Waals surface area (Å²) < 4.78 is 81.8. The van der Waals surface area contributed by atoms with Gasteiger partial charge in [-0.25, -0.2) is 4.39 Å². The standard InChI is InChI=1S/C24H26F5NO5/c1-11-10-16(33)18(15(32)6-5-9-31)20(30-11)22-17(12(2)23(3,35-22)24(27,28)29)13-7-8-14(25)19(26)21(13)34-4/h7-8,10,12,17,22,31H,5-6,9H2,1-4H3,(H,30,33)/t12-,17-,22+,23+/m0/s1. The van der Waals surface area contributed by atoms with Gasteiger partial charge in [0.25, 0.3) is 0 Å². The number of aliphatic hydroxyl groups excluding tert-OH is 1. The van der Waals surface area contributed by atoms with Crippen LogP contribution < -0.4 is 10.2 Å². The van der Waals surface area contributed by atoms with Crippen LogP contribution in [0.3, 0.4) is 0 Å². The average molecular weight is 503 g/mol. The van der Waals surface area contributed by atoms with Crippen molar-refractivity contribution in [1.29, 1.82) is 0 Å². The lowest BCUT2D eigenvalue weighted by Crippen LogP contribution is -2.46. The molecule has 2 N–H and O–H groups in total. The normalized spacial score (nSPS) is 24.6. The van der Waals surface area contributed by atoms with Crippen molar-refractivity contribution < 1.29 is 41.3 Å². The van der Waals surface area contributed by atoms with Gasteiger partial charge in [-0.1, -0.05) is 13.0 Å². The van der Waals surface area contributed by atoms with Crippen molar-refractivity contribution >= 4 is 5.78 Å². The summed E-state index contributed by atoms with van der Waals surface area (Å²) in [6.07, 6.45) is -6.63. The van der Waals surface area contributed by atoms with E-state index in [0.717, 1.165) is 32.2 Å². The summed E-state index contributed by atoms with van der Waals surface area (Å²) in [7, 11) is 1.05. The highest BCUT2D eigenvalue weighted by Crippen LogP contribution is 2.59. The molecule has 11 heteroatoms. The molecule has 0 spiro atoms. The fourth-order valence-corrected chi connectivity index (χ4v) is 4.64. The Bertz CT molecular complexity index is 1180. The number of alkyl halides is 3. The zero-order chi connectivity index (χ0) is 26.3. The summed E-state index contributed by atoms with van der Waals surface area (Å²) in [5.74, 6) is -6.57. The van der Waals surface area contributed by atoms with Gasteiger partial charge in [-0.15, -0.1) is 0 Å². The first-order valence-corrected chi connectivity index (χ1v) is 10.9. The molecule has 1 aliphatic rings. The summed E-state index contributed by atoms with van der Waals surface area (Å²) >= 11 is 0. The molecule has 1 fully saturated rings. The van der Waals surface area contributed by atoms with Crippen LogP contribution in [0.5, 0.6) is 5.75 Å². The van der Waals surface area contributed by atoms with Gasteiger partial charge in [0.2, 0.25) is 5.82 Å². The molecule has 3 rings (SSSR count). The first kappa shape index (κ1) is 26.8. The second-order valence-electron chi connectivity index (χ2n) is 8.80. The Morgan fingerprint density at radius 3 is 2.51 bits per heavy atom. The lowest BCUT2D eigenvalue weighted by atomic mass is 9.76. The maximum absolute atomic E-state index is 14.6. The summed E-state index contributed by atoms with van der Waals surface area (Å²) in [5.41, 5.74) is -3.94. The molecule has 35 heavy (non-hydrogen) atoms. The van der Waals surface area contributed by atoms with E-state index >= 15 is 0 Å². The molecule has 0 unspecified atom stereocenters.